The van der Waals surface area contributed by atoms with E-state index in [-0.39, 0.29) is 17.1 Å². The number of carbonyl (C=O) groups is 2. The van der Waals surface area contributed by atoms with Crippen molar-refractivity contribution in [3.05, 3.63) is 0 Å². The Morgan fingerprint density at radius 1 is 1.53 bits per heavy atom. The minimum absolute atomic E-state index is 0.122. The highest BCUT2D eigenvalue weighted by molar-refractivity contribution is 7.84. The summed E-state index contributed by atoms with van der Waals surface area (Å²) in [6, 6.07) is 0. The number of hydrogen-bond donors (Lipinski definition) is 2. The molecule has 3 atom stereocenters. The molecule has 2 fully saturated rings. The predicted molar refractivity (Wildman–Crippen MR) is 55.0 cm³/mol. The van der Waals surface area contributed by atoms with Crippen LogP contribution in [0, 0.1) is 5.92 Å². The van der Waals surface area contributed by atoms with Crippen molar-refractivity contribution >= 4 is 23.3 Å². The molecule has 2 aliphatic carbocycles. The summed E-state index contributed by atoms with van der Waals surface area (Å²) in [4.78, 5) is 22.1. The predicted octanol–water partition coefficient (Wildman–Crippen LogP) is -0.547. The van der Waals surface area contributed by atoms with Crippen LogP contribution in [-0.2, 0) is 20.6 Å². The number of nitrogens with one attached hydrogen (secondary N) is 2. The lowest BCUT2D eigenvalue weighted by Crippen LogP contribution is -2.48. The maximum absolute atomic E-state index is 11.7. The number of carbonyl (C=O) groups excluding carboxylic acids is 2. The number of hydrogen-bond acceptors (Lipinski definition) is 3. The smallest absolute Gasteiger partial charge is 0.257 e. The van der Waals surface area contributed by atoms with Gasteiger partial charge in [-0.25, -0.2) is 4.21 Å². The maximum Gasteiger partial charge on any atom is 0.257 e. The summed E-state index contributed by atoms with van der Waals surface area (Å²) in [7, 11) is -1.27. The van der Waals surface area contributed by atoms with E-state index in [2.05, 4.69) is 10.0 Å². The second-order valence-corrected chi connectivity index (χ2v) is 5.73. The molecule has 2 aliphatic rings. The molecule has 1 unspecified atom stereocenters. The van der Waals surface area contributed by atoms with E-state index in [1.54, 1.807) is 0 Å². The van der Waals surface area contributed by atoms with E-state index < -0.39 is 16.5 Å². The van der Waals surface area contributed by atoms with Crippen LogP contribution < -0.4 is 10.0 Å². The van der Waals surface area contributed by atoms with Crippen molar-refractivity contribution in [1.29, 1.82) is 0 Å². The zero-order valence-corrected chi connectivity index (χ0v) is 9.30. The Morgan fingerprint density at radius 3 is 2.53 bits per heavy atom. The summed E-state index contributed by atoms with van der Waals surface area (Å²) in [6.07, 6.45) is 2.98. The minimum Gasteiger partial charge on any atom is -0.344 e. The van der Waals surface area contributed by atoms with Gasteiger partial charge < -0.3 is 5.32 Å². The number of amides is 2. The largest absolute Gasteiger partial charge is 0.344 e. The van der Waals surface area contributed by atoms with Gasteiger partial charge in [0.15, 0.2) is 0 Å². The Bertz CT molecular complexity index is 329. The van der Waals surface area contributed by atoms with Crippen LogP contribution in [0.1, 0.15) is 26.2 Å². The average Bonchev–Trinajstić information content (AvgIpc) is 3.02. The van der Waals surface area contributed by atoms with Crippen LogP contribution in [0.5, 0.6) is 0 Å². The molecule has 2 N–H and O–H groups in total. The molecule has 2 saturated carbocycles. The fourth-order valence-electron chi connectivity index (χ4n) is 1.66. The Hall–Kier alpha value is -0.910. The van der Waals surface area contributed by atoms with Crippen molar-refractivity contribution in [2.45, 2.75) is 37.0 Å². The van der Waals surface area contributed by atoms with Crippen LogP contribution in [0.25, 0.3) is 0 Å². The zero-order valence-electron chi connectivity index (χ0n) is 8.49. The third kappa shape index (κ3) is 1.90. The van der Waals surface area contributed by atoms with E-state index in [9.17, 15) is 13.8 Å². The summed E-state index contributed by atoms with van der Waals surface area (Å²) in [5, 5.41) is 2.64. The third-order valence-electron chi connectivity index (χ3n) is 3.05. The lowest BCUT2D eigenvalue weighted by molar-refractivity contribution is -0.125. The molecule has 15 heavy (non-hydrogen) atoms. The van der Waals surface area contributed by atoms with Gasteiger partial charge in [-0.1, -0.05) is 6.92 Å². The molecule has 0 aliphatic heterocycles. The molecule has 0 aromatic heterocycles. The van der Waals surface area contributed by atoms with E-state index in [0.29, 0.717) is 12.8 Å². The molecule has 0 aromatic carbocycles. The third-order valence-corrected chi connectivity index (χ3v) is 4.51. The van der Waals surface area contributed by atoms with Crippen LogP contribution in [-0.4, -0.2) is 27.3 Å². The molecular weight excluding hydrogens is 216 g/mol. The van der Waals surface area contributed by atoms with Crippen LogP contribution in [0.4, 0.5) is 0 Å². The molecule has 0 saturated heterocycles. The highest BCUT2D eigenvalue weighted by atomic mass is 32.2. The van der Waals surface area contributed by atoms with Crippen molar-refractivity contribution in [2.75, 3.05) is 0 Å². The summed E-state index contributed by atoms with van der Waals surface area (Å²) in [5.74, 6) is -0.189. The molecule has 0 aromatic rings. The average molecular weight is 230 g/mol. The molecular formula is C9H14N2O3S. The summed E-state index contributed by atoms with van der Waals surface area (Å²) in [6.45, 7) is 1.89. The van der Waals surface area contributed by atoms with Gasteiger partial charge in [-0.3, -0.25) is 14.3 Å². The van der Waals surface area contributed by atoms with Gasteiger partial charge in [-0.05, 0) is 25.2 Å². The summed E-state index contributed by atoms with van der Waals surface area (Å²) >= 11 is 0. The van der Waals surface area contributed by atoms with Crippen molar-refractivity contribution in [3.8, 4) is 0 Å². The SMILES string of the molecule is C[C@@H]1C[C@]1(NC=O)C(=O)NS(=O)C1CC1. The van der Waals surface area contributed by atoms with E-state index in [1.807, 2.05) is 6.92 Å². The summed E-state index contributed by atoms with van der Waals surface area (Å²) in [5.41, 5.74) is -0.799. The van der Waals surface area contributed by atoms with Crippen LogP contribution >= 0.6 is 0 Å². The van der Waals surface area contributed by atoms with Crippen LogP contribution in [0.3, 0.4) is 0 Å². The molecule has 0 bridgehead atoms. The molecule has 6 heteroatoms. The van der Waals surface area contributed by atoms with Gasteiger partial charge in [0, 0.05) is 0 Å². The van der Waals surface area contributed by atoms with Gasteiger partial charge in [0.25, 0.3) is 5.91 Å². The molecule has 84 valence electrons. The van der Waals surface area contributed by atoms with E-state index in [0.717, 1.165) is 12.8 Å². The van der Waals surface area contributed by atoms with Crippen LogP contribution in [0.15, 0.2) is 0 Å². The van der Waals surface area contributed by atoms with Crippen molar-refractivity contribution in [3.63, 3.8) is 0 Å². The second-order valence-electron chi connectivity index (χ2n) is 4.27. The quantitative estimate of drug-likeness (QED) is 0.622. The maximum atomic E-state index is 11.7. The molecule has 0 heterocycles. The molecule has 2 amide bonds. The lowest BCUT2D eigenvalue weighted by atomic mass is 10.2. The van der Waals surface area contributed by atoms with E-state index >= 15 is 0 Å². The normalized spacial score (nSPS) is 35.4. The lowest BCUT2D eigenvalue weighted by Gasteiger charge is -2.14. The summed E-state index contributed by atoms with van der Waals surface area (Å²) < 4.78 is 13.9. The van der Waals surface area contributed by atoms with Gasteiger partial charge >= 0.3 is 0 Å². The monoisotopic (exact) mass is 230 g/mol. The second kappa shape index (κ2) is 3.59. The first-order valence-corrected chi connectivity index (χ1v) is 6.24. The molecule has 0 spiro atoms. The van der Waals surface area contributed by atoms with Crippen LogP contribution in [0.2, 0.25) is 0 Å². The molecule has 5 nitrogen and oxygen atoms in total. The standard InChI is InChI=1S/C9H14N2O3S/c1-6-4-9(6,10-5-12)8(13)11-15(14)7-2-3-7/h5-7H,2-4H2,1H3,(H,10,12)(H,11,13)/t6-,9-,15?/m1/s1. The van der Waals surface area contributed by atoms with E-state index in [1.165, 1.54) is 0 Å². The van der Waals surface area contributed by atoms with Gasteiger partial charge in [-0.2, -0.15) is 0 Å². The first-order chi connectivity index (χ1) is 7.10. The minimum atomic E-state index is -1.27. The Labute approximate surface area is 90.6 Å². The first-order valence-electron chi connectivity index (χ1n) is 5.03. The van der Waals surface area contributed by atoms with Gasteiger partial charge in [-0.15, -0.1) is 0 Å². The van der Waals surface area contributed by atoms with E-state index in [4.69, 9.17) is 0 Å². The van der Waals surface area contributed by atoms with Crippen molar-refractivity contribution < 1.29 is 13.8 Å². The fourth-order valence-corrected chi connectivity index (χ4v) is 2.76. The molecule has 0 radical (unpaired) electrons. The topological polar surface area (TPSA) is 75.3 Å². The van der Waals surface area contributed by atoms with Gasteiger partial charge in [0.1, 0.15) is 16.5 Å². The highest BCUT2D eigenvalue weighted by Gasteiger charge is 2.58. The van der Waals surface area contributed by atoms with Gasteiger partial charge in [0.05, 0.1) is 5.25 Å². The Kier molecular flexibility index (Phi) is 2.54. The Balaban J connectivity index is 1.94. The molecule has 2 rings (SSSR count). The first kappa shape index (κ1) is 10.6. The zero-order chi connectivity index (χ0) is 11.1. The Morgan fingerprint density at radius 2 is 2.13 bits per heavy atom. The van der Waals surface area contributed by atoms with Crippen molar-refractivity contribution in [1.82, 2.24) is 10.0 Å². The van der Waals surface area contributed by atoms with Crippen molar-refractivity contribution in [2.24, 2.45) is 5.92 Å². The highest BCUT2D eigenvalue weighted by Crippen LogP contribution is 2.43. The van der Waals surface area contributed by atoms with Gasteiger partial charge in [0.2, 0.25) is 6.41 Å². The number of rotatable bonds is 5. The fraction of sp³-hybridized carbons (Fsp3) is 0.778.